The molecule has 0 unspecified atom stereocenters. The second kappa shape index (κ2) is 25.6. The van der Waals surface area contributed by atoms with Gasteiger partial charge in [0.1, 0.15) is 0 Å². The van der Waals surface area contributed by atoms with Crippen LogP contribution in [0.15, 0.2) is 364 Å². The van der Waals surface area contributed by atoms with Crippen molar-refractivity contribution >= 4 is 220 Å². The molecule has 4 aliphatic carbocycles. The topological polar surface area (TPSA) is 86.8 Å². The average molecular weight is 1790 g/mol. The Morgan fingerprint density at radius 1 is 0.171 bits per heavy atom. The zero-order valence-corrected chi connectivity index (χ0v) is 78.0. The number of hydrogen-bond donors (Lipinski definition) is 0. The first-order chi connectivity index (χ1) is 68.5. The largest absolute Gasteiger partial charge is 0.277 e. The minimum atomic E-state index is -0.0897. The molecule has 140 heavy (non-hydrogen) atoms. The van der Waals surface area contributed by atoms with Gasteiger partial charge in [0.05, 0.1) is 110 Å². The number of nitrogens with zero attached hydrogens (tertiary/aromatic N) is 12. The van der Waals surface area contributed by atoms with Gasteiger partial charge in [0.2, 0.25) is 23.1 Å². The van der Waals surface area contributed by atoms with Crippen molar-refractivity contribution in [2.75, 3.05) is 0 Å². The molecular weight excluding hydrogens is 1710 g/mol. The maximum Gasteiger partial charge on any atom is 0.220 e. The molecule has 0 spiro atoms. The molecule has 4 aliphatic rings. The summed E-state index contributed by atoms with van der Waals surface area (Å²) in [6, 6.07) is 133. The Morgan fingerprint density at radius 3 is 0.964 bits per heavy atom. The lowest BCUT2D eigenvalue weighted by atomic mass is 9.80. The second-order valence-corrected chi connectivity index (χ2v) is 42.0. The average Bonchev–Trinajstić information content (AvgIpc) is 1.42. The SMILES string of the molecule is CC1(C)c2ccccc2-c2c1ccc1c2c2cccc3c2n1c1nc2cc4ccccc4cc2n31.CC1(C)c2ccccc2-c2cc3c4cccc5c4n(c3cc21)c1nc2cc3ccccc3cc2n51.CC1(C)c2ccccc2-c2ccc3c(c21)c1cccc2c1n3c1nc3cc4ccccc4cc3n21.CC1(C)c2ccccc2-c2ccc3c4cccc5c4n(c3c21)c1nc2cc3ccccc3cc2n51. The van der Waals surface area contributed by atoms with Crippen LogP contribution < -0.4 is 0 Å². The second-order valence-electron chi connectivity index (χ2n) is 42.0. The summed E-state index contributed by atoms with van der Waals surface area (Å²) in [5.74, 6) is 3.97. The predicted molar refractivity (Wildman–Crippen MR) is 580 cm³/mol. The number of benzene rings is 20. The van der Waals surface area contributed by atoms with E-state index in [0.717, 1.165) is 67.2 Å². The molecule has 0 fully saturated rings. The molecule has 12 aromatic heterocycles. The van der Waals surface area contributed by atoms with E-state index in [1.54, 1.807) is 0 Å². The van der Waals surface area contributed by atoms with Crippen molar-refractivity contribution in [1.29, 1.82) is 0 Å². The first-order valence-corrected chi connectivity index (χ1v) is 49.0. The Morgan fingerprint density at radius 2 is 0.493 bits per heavy atom. The van der Waals surface area contributed by atoms with Gasteiger partial charge in [0.15, 0.2) is 0 Å². The van der Waals surface area contributed by atoms with Crippen LogP contribution in [0.5, 0.6) is 0 Å². The van der Waals surface area contributed by atoms with Crippen LogP contribution in [-0.4, -0.2) is 55.1 Å². The number of aromatic nitrogens is 12. The number of fused-ring (bicyclic) bond motifs is 51. The first kappa shape index (κ1) is 75.8. The first-order valence-electron chi connectivity index (χ1n) is 49.0. The molecule has 12 heterocycles. The molecule has 0 atom stereocenters. The quantitative estimate of drug-likeness (QED) is 0.151. The van der Waals surface area contributed by atoms with Gasteiger partial charge in [0.25, 0.3) is 0 Å². The van der Waals surface area contributed by atoms with E-state index in [1.165, 1.54) is 241 Å². The van der Waals surface area contributed by atoms with E-state index in [1.807, 2.05) is 0 Å². The third kappa shape index (κ3) is 9.16. The number of rotatable bonds is 0. The molecule has 12 nitrogen and oxygen atoms in total. The highest BCUT2D eigenvalue weighted by Gasteiger charge is 2.44. The van der Waals surface area contributed by atoms with Crippen molar-refractivity contribution < 1.29 is 0 Å². The van der Waals surface area contributed by atoms with E-state index in [-0.39, 0.29) is 21.7 Å². The molecule has 36 rings (SSSR count). The lowest BCUT2D eigenvalue weighted by molar-refractivity contribution is 0.661. The monoisotopic (exact) mass is 1790 g/mol. The fourth-order valence-corrected chi connectivity index (χ4v) is 27.5. The summed E-state index contributed by atoms with van der Waals surface area (Å²) in [5.41, 5.74) is 45.7. The van der Waals surface area contributed by atoms with Gasteiger partial charge >= 0.3 is 0 Å². The molecule has 32 aromatic rings. The highest BCUT2D eigenvalue weighted by molar-refractivity contribution is 6.25. The van der Waals surface area contributed by atoms with Crippen molar-refractivity contribution in [3.05, 3.63) is 408 Å². The summed E-state index contributed by atoms with van der Waals surface area (Å²) in [7, 11) is 0. The molecule has 0 bridgehead atoms. The van der Waals surface area contributed by atoms with Crippen LogP contribution in [0.3, 0.4) is 0 Å². The van der Waals surface area contributed by atoms with E-state index in [9.17, 15) is 0 Å². The molecule has 0 radical (unpaired) electrons. The van der Waals surface area contributed by atoms with Gasteiger partial charge in [0, 0.05) is 64.7 Å². The van der Waals surface area contributed by atoms with Gasteiger partial charge in [-0.25, -0.2) is 19.9 Å². The minimum absolute atomic E-state index is 0.0104. The molecule has 20 aromatic carbocycles. The Labute approximate surface area is 799 Å². The third-order valence-corrected chi connectivity index (χ3v) is 33.6. The van der Waals surface area contributed by atoms with Crippen LogP contribution in [0.1, 0.15) is 99.9 Å². The fourth-order valence-electron chi connectivity index (χ4n) is 27.5. The van der Waals surface area contributed by atoms with E-state index in [0.29, 0.717) is 0 Å². The summed E-state index contributed by atoms with van der Waals surface area (Å²) in [5, 5.41) is 20.4. The van der Waals surface area contributed by atoms with Crippen molar-refractivity contribution in [3.63, 3.8) is 0 Å². The summed E-state index contributed by atoms with van der Waals surface area (Å²) < 4.78 is 19.0. The van der Waals surface area contributed by atoms with Gasteiger partial charge < -0.3 is 0 Å². The summed E-state index contributed by atoms with van der Waals surface area (Å²) in [6.45, 7) is 18.9. The lowest BCUT2D eigenvalue weighted by Crippen LogP contribution is -2.16. The van der Waals surface area contributed by atoms with E-state index in [4.69, 9.17) is 19.9 Å². The predicted octanol–water partition coefficient (Wildman–Crippen LogP) is 31.8. The Hall–Kier alpha value is -17.5. The zero-order valence-electron chi connectivity index (χ0n) is 78.0. The Bertz CT molecular complexity index is 11200. The smallest absolute Gasteiger partial charge is 0.220 e. The van der Waals surface area contributed by atoms with Crippen molar-refractivity contribution in [3.8, 4) is 44.5 Å². The third-order valence-electron chi connectivity index (χ3n) is 33.6. The van der Waals surface area contributed by atoms with Crippen LogP contribution in [-0.2, 0) is 21.7 Å². The molecule has 656 valence electrons. The normalized spacial score (nSPS) is 14.8. The molecule has 0 saturated heterocycles. The van der Waals surface area contributed by atoms with Crippen LogP contribution in [0.2, 0.25) is 0 Å². The van der Waals surface area contributed by atoms with Gasteiger partial charge in [-0.3, -0.25) is 35.2 Å². The van der Waals surface area contributed by atoms with Gasteiger partial charge in [-0.15, -0.1) is 0 Å². The van der Waals surface area contributed by atoms with Gasteiger partial charge in [-0.05, 0) is 229 Å². The molecule has 0 aliphatic heterocycles. The van der Waals surface area contributed by atoms with Crippen molar-refractivity contribution in [2.45, 2.75) is 77.0 Å². The number of hydrogen-bond acceptors (Lipinski definition) is 4. The maximum atomic E-state index is 5.25. The van der Waals surface area contributed by atoms with Crippen molar-refractivity contribution in [1.82, 2.24) is 55.1 Å². The molecule has 0 amide bonds. The molecular formula is C128H84N12. The van der Waals surface area contributed by atoms with E-state index >= 15 is 0 Å². The lowest BCUT2D eigenvalue weighted by Gasteiger charge is -2.22. The zero-order chi connectivity index (χ0) is 92.2. The van der Waals surface area contributed by atoms with Crippen LogP contribution in [0, 0.1) is 0 Å². The molecule has 0 N–H and O–H groups in total. The Balaban J connectivity index is 0.0000000829. The Kier molecular flexibility index (Phi) is 13.9. The van der Waals surface area contributed by atoms with Crippen molar-refractivity contribution in [2.24, 2.45) is 0 Å². The summed E-state index contributed by atoms with van der Waals surface area (Å²) in [6.07, 6.45) is 0. The van der Waals surface area contributed by atoms with Gasteiger partial charge in [-0.1, -0.05) is 322 Å². The van der Waals surface area contributed by atoms with E-state index < -0.39 is 0 Å². The van der Waals surface area contributed by atoms with Crippen LogP contribution >= 0.6 is 0 Å². The molecule has 0 saturated carbocycles. The fraction of sp³-hybridized carbons (Fsp3) is 0.0938. The number of para-hydroxylation sites is 4. The highest BCUT2D eigenvalue weighted by atomic mass is 15.2. The van der Waals surface area contributed by atoms with Crippen LogP contribution in [0.4, 0.5) is 0 Å². The van der Waals surface area contributed by atoms with Crippen LogP contribution in [0.25, 0.3) is 264 Å². The van der Waals surface area contributed by atoms with Gasteiger partial charge in [-0.2, -0.15) is 0 Å². The highest BCUT2D eigenvalue weighted by Crippen LogP contribution is 2.59. The number of imidazole rings is 8. The summed E-state index contributed by atoms with van der Waals surface area (Å²) in [4.78, 5) is 20.9. The van der Waals surface area contributed by atoms with E-state index in [2.05, 4.69) is 455 Å². The summed E-state index contributed by atoms with van der Waals surface area (Å²) >= 11 is 0. The maximum absolute atomic E-state index is 5.25. The molecule has 12 heteroatoms. The minimum Gasteiger partial charge on any atom is -0.277 e. The standard InChI is InChI=1S/4C32H21N3/c1-32(2)24-12-6-5-10-20(24)22-16-23-21-11-7-13-27-30(21)35(28(23)17-25(22)32)31-33-26-14-18-8-3-4-9-19(18)15-29(26)34(27)31;1-32(2)24-12-6-5-10-20(24)21-14-15-23-22-11-7-13-26-29(22)35(30(23)28(21)32)31-33-25-16-18-8-3-4-9-19(18)17-27(25)34(26)31;1-32(2)23-12-6-5-10-20(23)21-14-15-25-28(29(21)32)22-11-7-13-26-30(22)35(25)31-33-24-16-18-8-3-4-9-19(18)17-27(24)34(26)31;1-32(2)22-12-6-5-10-20(22)28-23(32)14-15-25-29(28)21-11-7-13-26-30(21)35(25)31-33-24-16-18-8-3-4-9-19(18)17-27(24)34(26)31/h4*3-17H,1-2H3.